The summed E-state index contributed by atoms with van der Waals surface area (Å²) >= 11 is 1.84. The molecular weight excluding hydrogens is 156 g/mol. The monoisotopic (exact) mass is 172 g/mol. The molecule has 1 aliphatic rings. The van der Waals surface area contributed by atoms with Gasteiger partial charge >= 0.3 is 0 Å². The molecule has 1 rings (SSSR count). The molecule has 1 fully saturated rings. The highest BCUT2D eigenvalue weighted by molar-refractivity contribution is 8.13. The summed E-state index contributed by atoms with van der Waals surface area (Å²) in [6, 6.07) is 0. The van der Waals surface area contributed by atoms with Crippen LogP contribution >= 0.6 is 11.8 Å². The zero-order chi connectivity index (χ0) is 8.27. The van der Waals surface area contributed by atoms with Crippen molar-refractivity contribution in [1.29, 1.82) is 0 Å². The zero-order valence-corrected chi connectivity index (χ0v) is 8.24. The van der Waals surface area contributed by atoms with E-state index >= 15 is 0 Å². The van der Waals surface area contributed by atoms with Crippen molar-refractivity contribution in [1.82, 2.24) is 5.32 Å². The number of thioether (sulfide) groups is 1. The highest BCUT2D eigenvalue weighted by Gasteiger charge is 2.19. The highest BCUT2D eigenvalue weighted by Crippen LogP contribution is 2.20. The van der Waals surface area contributed by atoms with E-state index in [9.17, 15) is 0 Å². The van der Waals surface area contributed by atoms with Crippen LogP contribution < -0.4 is 5.32 Å². The van der Waals surface area contributed by atoms with Gasteiger partial charge < -0.3 is 5.32 Å². The van der Waals surface area contributed by atoms with Crippen molar-refractivity contribution in [3.05, 3.63) is 0 Å². The van der Waals surface area contributed by atoms with Crippen LogP contribution in [0.2, 0.25) is 0 Å². The predicted octanol–water partition coefficient (Wildman–Crippen LogP) is 1.58. The minimum Gasteiger partial charge on any atom is -0.365 e. The summed E-state index contributed by atoms with van der Waals surface area (Å²) < 4.78 is 0. The average molecular weight is 172 g/mol. The van der Waals surface area contributed by atoms with Crippen molar-refractivity contribution in [3.8, 4) is 0 Å². The third kappa shape index (κ3) is 2.40. The van der Waals surface area contributed by atoms with Crippen molar-refractivity contribution in [2.45, 2.75) is 13.8 Å². The van der Waals surface area contributed by atoms with E-state index < -0.39 is 0 Å². The smallest absolute Gasteiger partial charge is 0.156 e. The van der Waals surface area contributed by atoms with Crippen molar-refractivity contribution < 1.29 is 0 Å². The lowest BCUT2D eigenvalue weighted by Gasteiger charge is -2.26. The van der Waals surface area contributed by atoms with Gasteiger partial charge in [0.15, 0.2) is 5.17 Å². The summed E-state index contributed by atoms with van der Waals surface area (Å²) in [5.74, 6) is 2.82. The van der Waals surface area contributed by atoms with Gasteiger partial charge in [0.1, 0.15) is 0 Å². The predicted molar refractivity (Wildman–Crippen MR) is 52.1 cm³/mol. The number of hydrogen-bond donors (Lipinski definition) is 1. The molecule has 1 N–H and O–H groups in total. The molecule has 0 bridgehead atoms. The molecule has 0 aromatic heterocycles. The number of hydrogen-bond acceptors (Lipinski definition) is 2. The van der Waals surface area contributed by atoms with Gasteiger partial charge in [-0.2, -0.15) is 0 Å². The van der Waals surface area contributed by atoms with Crippen LogP contribution in [-0.2, 0) is 0 Å². The Bertz CT molecular complexity index is 144. The lowest BCUT2D eigenvalue weighted by atomic mass is 9.98. The lowest BCUT2D eigenvalue weighted by Crippen LogP contribution is -2.36. The number of rotatable bonds is 1. The average Bonchev–Trinajstić information content (AvgIpc) is 2.05. The molecule has 0 spiro atoms. The Kier molecular flexibility index (Phi) is 3.24. The zero-order valence-electron chi connectivity index (χ0n) is 7.42. The standard InChI is InChI=1S/C8H16N2S/c1-6(2)7-4-10-8(9-3)11-5-7/h6-7H,4-5H2,1-3H3,(H,9,10). The first kappa shape index (κ1) is 8.91. The van der Waals surface area contributed by atoms with Gasteiger partial charge in [-0.3, -0.25) is 4.99 Å². The molecule has 0 amide bonds. The van der Waals surface area contributed by atoms with E-state index in [1.165, 1.54) is 5.75 Å². The topological polar surface area (TPSA) is 24.4 Å². The van der Waals surface area contributed by atoms with Gasteiger partial charge in [-0.1, -0.05) is 25.6 Å². The molecule has 0 saturated carbocycles. The first-order valence-electron chi connectivity index (χ1n) is 4.07. The normalized spacial score (nSPS) is 29.1. The van der Waals surface area contributed by atoms with E-state index in [0.29, 0.717) is 0 Å². The minimum atomic E-state index is 0.786. The maximum absolute atomic E-state index is 4.11. The Balaban J connectivity index is 2.36. The van der Waals surface area contributed by atoms with Crippen molar-refractivity contribution in [2.75, 3.05) is 19.3 Å². The first-order chi connectivity index (χ1) is 5.24. The molecule has 0 aliphatic carbocycles. The summed E-state index contributed by atoms with van der Waals surface area (Å²) in [4.78, 5) is 4.11. The third-order valence-electron chi connectivity index (χ3n) is 2.10. The SMILES string of the molecule is CN=C1NCC(C(C)C)CS1. The molecule has 1 saturated heterocycles. The summed E-state index contributed by atoms with van der Waals surface area (Å²) in [6.45, 7) is 5.65. The van der Waals surface area contributed by atoms with Gasteiger partial charge in [-0.15, -0.1) is 0 Å². The van der Waals surface area contributed by atoms with Gasteiger partial charge in [-0.05, 0) is 11.8 Å². The Labute approximate surface area is 72.9 Å². The first-order valence-corrected chi connectivity index (χ1v) is 5.06. The highest BCUT2D eigenvalue weighted by atomic mass is 32.2. The third-order valence-corrected chi connectivity index (χ3v) is 3.29. The quantitative estimate of drug-likeness (QED) is 0.649. The van der Waals surface area contributed by atoms with E-state index in [2.05, 4.69) is 24.2 Å². The van der Waals surface area contributed by atoms with Gasteiger partial charge in [0, 0.05) is 19.3 Å². The molecule has 0 aromatic carbocycles. The number of nitrogens with zero attached hydrogens (tertiary/aromatic N) is 1. The second-order valence-electron chi connectivity index (χ2n) is 3.22. The van der Waals surface area contributed by atoms with Crippen LogP contribution in [0.15, 0.2) is 4.99 Å². The van der Waals surface area contributed by atoms with Crippen LogP contribution in [0.3, 0.4) is 0 Å². The van der Waals surface area contributed by atoms with Gasteiger partial charge in [-0.25, -0.2) is 0 Å². The molecule has 1 atom stereocenters. The van der Waals surface area contributed by atoms with Crippen LogP contribution in [0.1, 0.15) is 13.8 Å². The van der Waals surface area contributed by atoms with Crippen LogP contribution in [0.5, 0.6) is 0 Å². The Morgan fingerprint density at radius 3 is 2.73 bits per heavy atom. The molecule has 64 valence electrons. The summed E-state index contributed by atoms with van der Waals surface area (Å²) in [5, 5.41) is 4.41. The Hall–Kier alpha value is -0.180. The number of amidine groups is 1. The number of aliphatic imine (C=N–C) groups is 1. The maximum Gasteiger partial charge on any atom is 0.156 e. The fourth-order valence-corrected chi connectivity index (χ4v) is 2.28. The van der Waals surface area contributed by atoms with E-state index in [-0.39, 0.29) is 0 Å². The lowest BCUT2D eigenvalue weighted by molar-refractivity contribution is 0.420. The molecule has 0 radical (unpaired) electrons. The second kappa shape index (κ2) is 4.00. The molecule has 3 heteroatoms. The van der Waals surface area contributed by atoms with Gasteiger partial charge in [0.2, 0.25) is 0 Å². The van der Waals surface area contributed by atoms with E-state index in [1.54, 1.807) is 0 Å². The van der Waals surface area contributed by atoms with Crippen molar-refractivity contribution >= 4 is 16.9 Å². The number of nitrogens with one attached hydrogen (secondary N) is 1. The van der Waals surface area contributed by atoms with E-state index in [0.717, 1.165) is 23.5 Å². The molecule has 1 heterocycles. The molecule has 2 nitrogen and oxygen atoms in total. The summed E-state index contributed by atoms with van der Waals surface area (Å²) in [5.41, 5.74) is 0. The molecular formula is C8H16N2S. The minimum absolute atomic E-state index is 0.786. The molecule has 1 unspecified atom stereocenters. The fourth-order valence-electron chi connectivity index (χ4n) is 1.09. The van der Waals surface area contributed by atoms with E-state index in [4.69, 9.17) is 0 Å². The summed E-state index contributed by atoms with van der Waals surface area (Å²) in [6.07, 6.45) is 0. The van der Waals surface area contributed by atoms with Crippen LogP contribution in [0.25, 0.3) is 0 Å². The molecule has 1 aliphatic heterocycles. The fraction of sp³-hybridized carbons (Fsp3) is 0.875. The maximum atomic E-state index is 4.11. The largest absolute Gasteiger partial charge is 0.365 e. The Morgan fingerprint density at radius 2 is 2.36 bits per heavy atom. The van der Waals surface area contributed by atoms with Crippen LogP contribution in [0, 0.1) is 11.8 Å². The van der Waals surface area contributed by atoms with E-state index in [1.807, 2.05) is 18.8 Å². The second-order valence-corrected chi connectivity index (χ2v) is 4.23. The molecule has 0 aromatic rings. The summed E-state index contributed by atoms with van der Waals surface area (Å²) in [7, 11) is 1.84. The van der Waals surface area contributed by atoms with Crippen LogP contribution in [0.4, 0.5) is 0 Å². The van der Waals surface area contributed by atoms with Crippen LogP contribution in [-0.4, -0.2) is 24.5 Å². The van der Waals surface area contributed by atoms with Crippen molar-refractivity contribution in [3.63, 3.8) is 0 Å². The Morgan fingerprint density at radius 1 is 1.64 bits per heavy atom. The van der Waals surface area contributed by atoms with Gasteiger partial charge in [0.25, 0.3) is 0 Å². The molecule has 11 heavy (non-hydrogen) atoms. The van der Waals surface area contributed by atoms with Crippen molar-refractivity contribution in [2.24, 2.45) is 16.8 Å². The van der Waals surface area contributed by atoms with Gasteiger partial charge in [0.05, 0.1) is 0 Å².